The molecule has 0 spiro atoms. The normalized spacial score (nSPS) is 5.91. The Bertz CT molecular complexity index is 428. The van der Waals surface area contributed by atoms with E-state index in [-0.39, 0.29) is 0 Å². The Morgan fingerprint density at radius 2 is 0.341 bits per heavy atom. The zero-order chi connectivity index (χ0) is 38.8. The third-order valence-corrected chi connectivity index (χ3v) is 0.462. The van der Waals surface area contributed by atoms with E-state index in [4.69, 9.17) is 61.2 Å². The summed E-state index contributed by atoms with van der Waals surface area (Å²) in [4.78, 5) is 0. The molecule has 44 heavy (non-hydrogen) atoms. The lowest BCUT2D eigenvalue weighted by Crippen LogP contribution is -2.05. The smallest absolute Gasteiger partial charge is 0.415 e. The van der Waals surface area contributed by atoms with E-state index in [0.717, 1.165) is 23.9 Å². The number of nitriles is 4. The molecule has 0 aliphatic carbocycles. The van der Waals surface area contributed by atoms with E-state index in [1.54, 1.807) is 0 Å². The Hall–Kier alpha value is 1.34. The molecule has 8 unspecified atom stereocenters. The van der Waals surface area contributed by atoms with E-state index in [9.17, 15) is 0 Å². The van der Waals surface area contributed by atoms with Crippen molar-refractivity contribution in [1.82, 2.24) is 0 Å². The van der Waals surface area contributed by atoms with Crippen LogP contribution in [0.15, 0.2) is 0 Å². The van der Waals surface area contributed by atoms with E-state index in [1.807, 2.05) is 0 Å². The Kier molecular flexibility index (Phi) is 236. The zero-order valence-corrected chi connectivity index (χ0v) is 37.2. The molecular weight excluding hydrogens is 715 g/mol. The first-order valence-electron chi connectivity index (χ1n) is 13.0. The summed E-state index contributed by atoms with van der Waals surface area (Å²) in [5, 5.41) is 90.0. The minimum Gasteiger partial charge on any atom is -0.415 e. The molecule has 264 valence electrons. The highest BCUT2D eigenvalue weighted by Crippen LogP contribution is 1.70. The van der Waals surface area contributed by atoms with Gasteiger partial charge in [0.25, 0.3) is 0 Å². The molecule has 0 bridgehead atoms. The fraction of sp³-hybridized carbons (Fsp3) is 0.800. The van der Waals surface area contributed by atoms with Crippen molar-refractivity contribution in [3.05, 3.63) is 0 Å². The van der Waals surface area contributed by atoms with Gasteiger partial charge in [-0.15, -0.1) is 73.9 Å². The van der Waals surface area contributed by atoms with Gasteiger partial charge in [-0.3, -0.25) is 0 Å². The third kappa shape index (κ3) is 891. The van der Waals surface area contributed by atoms with Crippen molar-refractivity contribution in [3.8, 4) is 23.9 Å². The molecule has 0 heterocycles. The molecule has 0 aliphatic rings. The molecule has 0 saturated heterocycles. The Balaban J connectivity index is -0.0000000256. The van der Waals surface area contributed by atoms with Crippen molar-refractivity contribution in [2.75, 3.05) is 49.3 Å². The van der Waals surface area contributed by atoms with Crippen molar-refractivity contribution >= 4 is 102 Å². The molecule has 0 aliphatic heterocycles. The van der Waals surface area contributed by atoms with Gasteiger partial charge in [0.15, 0.2) is 0 Å². The monoisotopic (exact) mass is 780 g/mol. The van der Waals surface area contributed by atoms with E-state index < -0.39 is 28.5 Å². The van der Waals surface area contributed by atoms with Gasteiger partial charge in [0.1, 0.15) is 0 Å². The molecular formula is C20H64B4N4O8P8. The van der Waals surface area contributed by atoms with Gasteiger partial charge in [-0.05, 0) is 49.3 Å². The molecule has 0 amide bonds. The molecule has 12 nitrogen and oxygen atoms in total. The maximum atomic E-state index is 7.56. The third-order valence-electron chi connectivity index (χ3n) is 0.462. The average Bonchev–Trinajstić information content (AvgIpc) is 2.93. The Morgan fingerprint density at radius 1 is 0.318 bits per heavy atom. The summed E-state index contributed by atoms with van der Waals surface area (Å²) in [5.74, 6) is 4.56. The van der Waals surface area contributed by atoms with Gasteiger partial charge >= 0.3 is 28.5 Å². The first-order chi connectivity index (χ1) is 20.4. The lowest BCUT2D eigenvalue weighted by atomic mass is 9.97. The highest BCUT2D eigenvalue weighted by molar-refractivity contribution is 7.17. The summed E-state index contributed by atoms with van der Waals surface area (Å²) in [6, 6.07) is 0. The molecule has 0 aromatic rings. The topological polar surface area (TPSA) is 257 Å². The van der Waals surface area contributed by atoms with Gasteiger partial charge in [0, 0.05) is 0 Å². The summed E-state index contributed by atoms with van der Waals surface area (Å²) in [6.45, 7) is 16.7. The van der Waals surface area contributed by atoms with Crippen molar-refractivity contribution in [2.24, 2.45) is 0 Å². The second-order valence-electron chi connectivity index (χ2n) is 5.28. The fourth-order valence-corrected chi connectivity index (χ4v) is 0. The number of rotatable bonds is 0. The first-order valence-corrected chi connectivity index (χ1v) is 19.6. The molecule has 0 saturated carbocycles. The van der Waals surface area contributed by atoms with Crippen molar-refractivity contribution < 1.29 is 40.2 Å². The minimum atomic E-state index is -1.81. The van der Waals surface area contributed by atoms with Crippen molar-refractivity contribution in [2.45, 2.75) is 55.4 Å². The van der Waals surface area contributed by atoms with Crippen LogP contribution in [0.4, 0.5) is 0 Å². The van der Waals surface area contributed by atoms with E-state index >= 15 is 0 Å². The SMILES string of the molecule is CCP.CCP.CCP.CCP.CCP.CCP.CCP.CCP.N#CB(O)O.N#CB(O)O.N#CB(O)O.N#CB(O)O. The van der Waals surface area contributed by atoms with Crippen LogP contribution < -0.4 is 0 Å². The summed E-state index contributed by atoms with van der Waals surface area (Å²) in [5.41, 5.74) is 0. The Labute approximate surface area is 291 Å². The number of hydrogen-bond donors (Lipinski definition) is 8. The standard InChI is InChI=1S/8C2H7P.4CH2BNO2/c8*1-2-3;4*3-1-2(4)5/h8*2-3H2,1H3;4*4-5H. The number of hydrogen-bond acceptors (Lipinski definition) is 12. The largest absolute Gasteiger partial charge is 0.573 e. The molecule has 0 aromatic heterocycles. The molecule has 8 atom stereocenters. The number of nitrogens with zero attached hydrogens (tertiary/aromatic N) is 4. The van der Waals surface area contributed by atoms with Gasteiger partial charge in [-0.1, -0.05) is 55.4 Å². The van der Waals surface area contributed by atoms with Crippen LogP contribution in [0, 0.1) is 44.9 Å². The summed E-state index contributed by atoms with van der Waals surface area (Å²) >= 11 is 0. The highest BCUT2D eigenvalue weighted by Gasteiger charge is 1.99. The zero-order valence-electron chi connectivity index (χ0n) is 28.0. The summed E-state index contributed by atoms with van der Waals surface area (Å²) in [7, 11) is 13.4. The van der Waals surface area contributed by atoms with Crippen LogP contribution in [0.1, 0.15) is 55.4 Å². The van der Waals surface area contributed by atoms with Crippen LogP contribution in [0.5, 0.6) is 0 Å². The van der Waals surface area contributed by atoms with Gasteiger partial charge in [-0.2, -0.15) is 0 Å². The molecule has 0 aromatic carbocycles. The van der Waals surface area contributed by atoms with Crippen LogP contribution in [-0.4, -0.2) is 118 Å². The van der Waals surface area contributed by atoms with E-state index in [1.165, 1.54) is 49.3 Å². The van der Waals surface area contributed by atoms with Gasteiger partial charge < -0.3 is 40.2 Å². The van der Waals surface area contributed by atoms with Crippen LogP contribution in [0.3, 0.4) is 0 Å². The van der Waals surface area contributed by atoms with Crippen molar-refractivity contribution in [3.63, 3.8) is 0 Å². The van der Waals surface area contributed by atoms with Crippen molar-refractivity contribution in [1.29, 1.82) is 21.0 Å². The second kappa shape index (κ2) is 130. The lowest BCUT2D eigenvalue weighted by Gasteiger charge is -1.67. The molecule has 0 rings (SSSR count). The molecule has 8 N–H and O–H groups in total. The predicted molar refractivity (Wildman–Crippen MR) is 225 cm³/mol. The van der Waals surface area contributed by atoms with Gasteiger partial charge in [-0.25, -0.2) is 21.0 Å². The second-order valence-corrected chi connectivity index (χ2v) is 11.8. The summed E-state index contributed by atoms with van der Waals surface area (Å²) in [6.07, 6.45) is 9.33. The molecule has 24 heteroatoms. The fourth-order valence-electron chi connectivity index (χ4n) is 0. The molecule has 0 fully saturated rings. The maximum Gasteiger partial charge on any atom is 0.573 e. The first kappa shape index (κ1) is 80.2. The van der Waals surface area contributed by atoms with Crippen LogP contribution >= 0.6 is 73.9 Å². The van der Waals surface area contributed by atoms with E-state index in [0.29, 0.717) is 0 Å². The average molecular weight is 780 g/mol. The van der Waals surface area contributed by atoms with E-state index in [2.05, 4.69) is 129 Å². The van der Waals surface area contributed by atoms with Crippen LogP contribution in [0.25, 0.3) is 0 Å². The summed E-state index contributed by atoms with van der Waals surface area (Å²) < 4.78 is 0. The predicted octanol–water partition coefficient (Wildman–Crippen LogP) is 1.14. The molecule has 0 radical (unpaired) electrons. The van der Waals surface area contributed by atoms with Gasteiger partial charge in [0.05, 0.1) is 23.9 Å². The lowest BCUT2D eigenvalue weighted by molar-refractivity contribution is 0.425. The highest BCUT2D eigenvalue weighted by atomic mass is 31.0. The van der Waals surface area contributed by atoms with Crippen LogP contribution in [-0.2, 0) is 0 Å². The quantitative estimate of drug-likeness (QED) is 0.127. The maximum absolute atomic E-state index is 7.56. The Morgan fingerprint density at radius 3 is 0.341 bits per heavy atom. The van der Waals surface area contributed by atoms with Gasteiger partial charge in [0.2, 0.25) is 0 Å². The van der Waals surface area contributed by atoms with Crippen LogP contribution in [0.2, 0.25) is 0 Å². The minimum absolute atomic E-state index is 1.14.